The highest BCUT2D eigenvalue weighted by molar-refractivity contribution is 7.99. The number of nitrogens with two attached hydrogens (primary N) is 1. The van der Waals surface area contributed by atoms with E-state index in [9.17, 15) is 13.6 Å². The number of aryl methyl sites for hydroxylation is 1. The highest BCUT2D eigenvalue weighted by Crippen LogP contribution is 2.35. The van der Waals surface area contributed by atoms with Crippen LogP contribution in [0.3, 0.4) is 0 Å². The van der Waals surface area contributed by atoms with Gasteiger partial charge in [0.25, 0.3) is 5.76 Å². The minimum absolute atomic E-state index is 0.168. The van der Waals surface area contributed by atoms with Crippen molar-refractivity contribution >= 4 is 29.4 Å². The number of hydrogen-bond donors (Lipinski definition) is 1. The van der Waals surface area contributed by atoms with Crippen LogP contribution in [-0.2, 0) is 23.5 Å². The largest absolute Gasteiger partial charge is 0.496 e. The summed E-state index contributed by atoms with van der Waals surface area (Å²) in [6.07, 6.45) is 2.12. The van der Waals surface area contributed by atoms with Gasteiger partial charge < -0.3 is 14.9 Å². The number of methoxy groups -OCH3 is 1. The van der Waals surface area contributed by atoms with E-state index in [0.717, 1.165) is 11.3 Å². The molecule has 3 aromatic rings. The summed E-state index contributed by atoms with van der Waals surface area (Å²) in [6, 6.07) is 8.77. The molecule has 0 aliphatic rings. The fraction of sp³-hybridized carbons (Fsp3) is 0.316. The molecule has 160 valence electrons. The molecule has 11 heteroatoms. The third kappa shape index (κ3) is 5.99. The van der Waals surface area contributed by atoms with E-state index in [1.807, 2.05) is 10.6 Å². The Labute approximate surface area is 180 Å². The summed E-state index contributed by atoms with van der Waals surface area (Å²) in [4.78, 5) is 11.5. The predicted octanol–water partition coefficient (Wildman–Crippen LogP) is 3.95. The van der Waals surface area contributed by atoms with Crippen LogP contribution in [0.25, 0.3) is 0 Å². The summed E-state index contributed by atoms with van der Waals surface area (Å²) in [6.45, 7) is 0.420. The Morgan fingerprint density at radius 3 is 2.83 bits per heavy atom. The number of nitrogens with zero attached hydrogens (tertiary/aromatic N) is 3. The number of ether oxygens (including phenoxy) is 1. The van der Waals surface area contributed by atoms with Crippen LogP contribution in [-0.4, -0.2) is 33.5 Å². The zero-order chi connectivity index (χ0) is 21.5. The van der Waals surface area contributed by atoms with Gasteiger partial charge in [-0.15, -0.1) is 10.2 Å². The van der Waals surface area contributed by atoms with E-state index in [4.69, 9.17) is 14.9 Å². The van der Waals surface area contributed by atoms with Crippen LogP contribution in [0.15, 0.2) is 51.1 Å². The summed E-state index contributed by atoms with van der Waals surface area (Å²) in [5.41, 5.74) is 6.15. The Kier molecular flexibility index (Phi) is 7.75. The van der Waals surface area contributed by atoms with E-state index >= 15 is 0 Å². The van der Waals surface area contributed by atoms with Crippen molar-refractivity contribution in [2.75, 3.05) is 7.11 Å². The summed E-state index contributed by atoms with van der Waals surface area (Å²) < 4.78 is 37.9. The maximum Gasteiger partial charge on any atom is 0.289 e. The number of aromatic nitrogens is 3. The van der Waals surface area contributed by atoms with Gasteiger partial charge in [-0.1, -0.05) is 29.6 Å². The van der Waals surface area contributed by atoms with Crippen LogP contribution in [0.5, 0.6) is 5.75 Å². The van der Waals surface area contributed by atoms with Gasteiger partial charge in [-0.05, 0) is 29.8 Å². The number of amides is 1. The number of halogens is 2. The normalized spacial score (nSPS) is 11.2. The van der Waals surface area contributed by atoms with Gasteiger partial charge in [-0.25, -0.2) is 0 Å². The molecule has 1 aromatic carbocycles. The van der Waals surface area contributed by atoms with E-state index in [2.05, 4.69) is 10.2 Å². The topological polar surface area (TPSA) is 96.2 Å². The SMILES string of the molecule is COc1cc(CSc2nnc(CCC(N)=O)n2Cc2ccco2)ccc1SC(F)F. The fourth-order valence-electron chi connectivity index (χ4n) is 2.71. The van der Waals surface area contributed by atoms with Gasteiger partial charge in [0, 0.05) is 18.6 Å². The van der Waals surface area contributed by atoms with Crippen molar-refractivity contribution in [2.24, 2.45) is 5.73 Å². The van der Waals surface area contributed by atoms with Gasteiger partial charge in [-0.3, -0.25) is 9.36 Å². The number of carbonyl (C=O) groups is 1. The van der Waals surface area contributed by atoms with Gasteiger partial charge >= 0.3 is 0 Å². The molecule has 2 aromatic heterocycles. The van der Waals surface area contributed by atoms with E-state index < -0.39 is 11.7 Å². The number of carbonyl (C=O) groups excluding carboxylic acids is 1. The molecule has 1 amide bonds. The number of benzene rings is 1. The first-order valence-corrected chi connectivity index (χ1v) is 10.8. The second-order valence-electron chi connectivity index (χ2n) is 6.18. The zero-order valence-electron chi connectivity index (χ0n) is 16.1. The lowest BCUT2D eigenvalue weighted by Gasteiger charge is -2.11. The fourth-order valence-corrected chi connectivity index (χ4v) is 4.20. The number of alkyl halides is 2. The molecule has 2 heterocycles. The number of hydrogen-bond acceptors (Lipinski definition) is 7. The molecular formula is C19H20F2N4O3S2. The molecule has 30 heavy (non-hydrogen) atoms. The Morgan fingerprint density at radius 2 is 2.17 bits per heavy atom. The Balaban J connectivity index is 1.76. The number of rotatable bonds is 11. The second-order valence-corrected chi connectivity index (χ2v) is 8.16. The Morgan fingerprint density at radius 1 is 1.33 bits per heavy atom. The minimum atomic E-state index is -2.52. The third-order valence-corrected chi connectivity index (χ3v) is 5.90. The molecular weight excluding hydrogens is 434 g/mol. The molecule has 0 saturated carbocycles. The molecule has 3 rings (SSSR count). The van der Waals surface area contributed by atoms with Crippen LogP contribution in [0.4, 0.5) is 8.78 Å². The second kappa shape index (κ2) is 10.5. The summed E-state index contributed by atoms with van der Waals surface area (Å²) >= 11 is 1.89. The van der Waals surface area contributed by atoms with Gasteiger partial charge in [0.2, 0.25) is 5.91 Å². The van der Waals surface area contributed by atoms with Crippen molar-refractivity contribution in [1.29, 1.82) is 0 Å². The van der Waals surface area contributed by atoms with E-state index in [1.54, 1.807) is 30.5 Å². The number of primary amides is 1. The molecule has 0 spiro atoms. The summed E-state index contributed by atoms with van der Waals surface area (Å²) in [5.74, 6) is -0.635. The van der Waals surface area contributed by atoms with Crippen molar-refractivity contribution in [2.45, 2.75) is 40.9 Å². The molecule has 0 aliphatic carbocycles. The van der Waals surface area contributed by atoms with Crippen molar-refractivity contribution in [3.05, 3.63) is 53.7 Å². The van der Waals surface area contributed by atoms with Crippen LogP contribution in [0.1, 0.15) is 23.6 Å². The quantitative estimate of drug-likeness (QED) is 0.438. The van der Waals surface area contributed by atoms with Gasteiger partial charge in [0.05, 0.1) is 24.8 Å². The lowest BCUT2D eigenvalue weighted by atomic mass is 10.2. The van der Waals surface area contributed by atoms with Gasteiger partial charge in [-0.2, -0.15) is 8.78 Å². The maximum atomic E-state index is 12.7. The molecule has 0 unspecified atom stereocenters. The predicted molar refractivity (Wildman–Crippen MR) is 110 cm³/mol. The highest BCUT2D eigenvalue weighted by atomic mass is 32.2. The molecule has 0 aliphatic heterocycles. The van der Waals surface area contributed by atoms with Gasteiger partial charge in [0.15, 0.2) is 5.16 Å². The summed E-state index contributed by atoms with van der Waals surface area (Å²) in [5, 5.41) is 9.08. The monoisotopic (exact) mass is 454 g/mol. The zero-order valence-corrected chi connectivity index (χ0v) is 17.7. The van der Waals surface area contributed by atoms with Crippen molar-refractivity contribution in [3.63, 3.8) is 0 Å². The average molecular weight is 455 g/mol. The Bertz CT molecular complexity index is 980. The van der Waals surface area contributed by atoms with Gasteiger partial charge in [0.1, 0.15) is 17.3 Å². The average Bonchev–Trinajstić information content (AvgIpc) is 3.35. The highest BCUT2D eigenvalue weighted by Gasteiger charge is 2.16. The number of thioether (sulfide) groups is 2. The molecule has 0 bridgehead atoms. The smallest absolute Gasteiger partial charge is 0.289 e. The molecule has 0 fully saturated rings. The van der Waals surface area contributed by atoms with Crippen LogP contribution >= 0.6 is 23.5 Å². The number of furan rings is 1. The minimum Gasteiger partial charge on any atom is -0.496 e. The lowest BCUT2D eigenvalue weighted by molar-refractivity contribution is -0.118. The molecule has 0 atom stereocenters. The van der Waals surface area contributed by atoms with Crippen molar-refractivity contribution < 1.29 is 22.7 Å². The molecule has 2 N–H and O–H groups in total. The van der Waals surface area contributed by atoms with Crippen LogP contribution in [0, 0.1) is 0 Å². The van der Waals surface area contributed by atoms with E-state index in [1.165, 1.54) is 18.9 Å². The van der Waals surface area contributed by atoms with E-state index in [-0.39, 0.29) is 6.42 Å². The first-order valence-electron chi connectivity index (χ1n) is 8.93. The third-order valence-electron chi connectivity index (χ3n) is 4.09. The molecule has 0 radical (unpaired) electrons. The summed E-state index contributed by atoms with van der Waals surface area (Å²) in [7, 11) is 1.45. The van der Waals surface area contributed by atoms with Crippen molar-refractivity contribution in [3.8, 4) is 5.75 Å². The maximum absolute atomic E-state index is 12.7. The lowest BCUT2D eigenvalue weighted by Crippen LogP contribution is -2.14. The van der Waals surface area contributed by atoms with Crippen LogP contribution < -0.4 is 10.5 Å². The first-order chi connectivity index (χ1) is 14.5. The van der Waals surface area contributed by atoms with Crippen molar-refractivity contribution in [1.82, 2.24) is 14.8 Å². The van der Waals surface area contributed by atoms with Crippen LogP contribution in [0.2, 0.25) is 0 Å². The van der Waals surface area contributed by atoms with E-state index in [0.29, 0.717) is 52.1 Å². The first kappa shape index (κ1) is 22.2. The molecule has 0 saturated heterocycles. The Hall–Kier alpha value is -2.53. The standard InChI is InChI=1S/C19H20F2N4O3S2/c1-27-14-9-12(4-5-15(14)30-18(20)21)11-29-19-24-23-17(7-6-16(22)26)25(19)10-13-3-2-8-28-13/h2-5,8-9,18H,6-7,10-11H2,1H3,(H2,22,26). The molecule has 7 nitrogen and oxygen atoms in total.